The van der Waals surface area contributed by atoms with E-state index in [4.69, 9.17) is 5.26 Å². The molecule has 0 fully saturated rings. The number of hydrogen-bond acceptors (Lipinski definition) is 4. The van der Waals surface area contributed by atoms with E-state index in [1.54, 1.807) is 16.9 Å². The maximum Gasteiger partial charge on any atom is 0.173 e. The van der Waals surface area contributed by atoms with E-state index < -0.39 is 0 Å². The largest absolute Gasteiger partial charge is 0.256 e. The molecule has 3 aromatic rings. The molecular weight excluding hydrogens is 262 g/mol. The average Bonchev–Trinajstić information content (AvgIpc) is 2.92. The molecule has 0 unspecified atom stereocenters. The lowest BCUT2D eigenvalue weighted by atomic mass is 10.0. The molecule has 0 spiro atoms. The average molecular weight is 277 g/mol. The number of rotatable bonds is 3. The fourth-order valence-corrected chi connectivity index (χ4v) is 2.53. The second kappa shape index (κ2) is 5.33. The molecular formula is C16H15N5. The van der Waals surface area contributed by atoms with Crippen LogP contribution in [0, 0.1) is 18.3 Å². The summed E-state index contributed by atoms with van der Waals surface area (Å²) in [5.74, 6) is 0. The zero-order valence-corrected chi connectivity index (χ0v) is 12.0. The highest BCUT2D eigenvalue weighted by Gasteiger charge is 2.17. The van der Waals surface area contributed by atoms with Gasteiger partial charge in [-0.2, -0.15) is 10.4 Å². The zero-order valence-electron chi connectivity index (χ0n) is 12.0. The zero-order chi connectivity index (χ0) is 14.8. The highest BCUT2D eigenvalue weighted by atomic mass is 15.3. The molecule has 0 aliphatic heterocycles. The van der Waals surface area contributed by atoms with Gasteiger partial charge in [-0.05, 0) is 25.5 Å². The van der Waals surface area contributed by atoms with Gasteiger partial charge in [0.15, 0.2) is 5.65 Å². The molecule has 0 radical (unpaired) electrons. The van der Waals surface area contributed by atoms with Crippen molar-refractivity contribution >= 4 is 5.65 Å². The Hall–Kier alpha value is -2.74. The van der Waals surface area contributed by atoms with E-state index in [0.717, 1.165) is 35.5 Å². The van der Waals surface area contributed by atoms with Crippen LogP contribution in [0.3, 0.4) is 0 Å². The van der Waals surface area contributed by atoms with Gasteiger partial charge in [0.25, 0.3) is 0 Å². The van der Waals surface area contributed by atoms with Gasteiger partial charge in [-0.3, -0.25) is 4.98 Å². The van der Waals surface area contributed by atoms with Crippen LogP contribution in [0.1, 0.15) is 30.3 Å². The van der Waals surface area contributed by atoms with Crippen molar-refractivity contribution in [3.05, 3.63) is 47.5 Å². The van der Waals surface area contributed by atoms with Crippen LogP contribution >= 0.6 is 0 Å². The number of nitrogens with zero attached hydrogens (tertiary/aromatic N) is 5. The maximum absolute atomic E-state index is 9.17. The molecule has 0 atom stereocenters. The van der Waals surface area contributed by atoms with Crippen molar-refractivity contribution in [3.63, 3.8) is 0 Å². The third kappa shape index (κ3) is 2.15. The SMILES string of the molecule is CCCc1nc2c(C#N)cnn2c(C)c1-c1ccccn1. The summed E-state index contributed by atoms with van der Waals surface area (Å²) in [5.41, 5.74) is 4.96. The minimum Gasteiger partial charge on any atom is -0.256 e. The van der Waals surface area contributed by atoms with Crippen LogP contribution in [0.4, 0.5) is 0 Å². The van der Waals surface area contributed by atoms with Crippen LogP contribution in [0.15, 0.2) is 30.6 Å². The van der Waals surface area contributed by atoms with Gasteiger partial charge in [-0.15, -0.1) is 0 Å². The lowest BCUT2D eigenvalue weighted by Crippen LogP contribution is -2.06. The molecule has 0 N–H and O–H groups in total. The van der Waals surface area contributed by atoms with E-state index in [1.807, 2.05) is 25.1 Å². The second-order valence-corrected chi connectivity index (χ2v) is 4.89. The molecule has 0 amide bonds. The van der Waals surface area contributed by atoms with Gasteiger partial charge < -0.3 is 0 Å². The molecule has 0 aliphatic rings. The lowest BCUT2D eigenvalue weighted by Gasteiger charge is -2.12. The fraction of sp³-hybridized carbons (Fsp3) is 0.250. The molecule has 3 heterocycles. The van der Waals surface area contributed by atoms with Gasteiger partial charge in [0.1, 0.15) is 11.6 Å². The number of hydrogen-bond donors (Lipinski definition) is 0. The van der Waals surface area contributed by atoms with E-state index in [-0.39, 0.29) is 0 Å². The molecule has 104 valence electrons. The van der Waals surface area contributed by atoms with Gasteiger partial charge in [-0.25, -0.2) is 9.50 Å². The summed E-state index contributed by atoms with van der Waals surface area (Å²) in [7, 11) is 0. The summed E-state index contributed by atoms with van der Waals surface area (Å²) < 4.78 is 1.72. The van der Waals surface area contributed by atoms with Gasteiger partial charge in [0.05, 0.1) is 23.3 Å². The third-order valence-electron chi connectivity index (χ3n) is 3.48. The number of pyridine rings is 1. The van der Waals surface area contributed by atoms with Crippen molar-refractivity contribution in [3.8, 4) is 17.3 Å². The molecule has 3 rings (SSSR count). The Bertz CT molecular complexity index is 827. The third-order valence-corrected chi connectivity index (χ3v) is 3.48. The van der Waals surface area contributed by atoms with Crippen molar-refractivity contribution < 1.29 is 0 Å². The van der Waals surface area contributed by atoms with E-state index in [2.05, 4.69) is 28.1 Å². The van der Waals surface area contributed by atoms with Crippen LogP contribution in [0.5, 0.6) is 0 Å². The lowest BCUT2D eigenvalue weighted by molar-refractivity contribution is 0.840. The standard InChI is InChI=1S/C16H15N5/c1-3-6-14-15(13-7-4-5-8-18-13)11(2)21-16(20-14)12(9-17)10-19-21/h4-5,7-8,10H,3,6H2,1-2H3. The Kier molecular flexibility index (Phi) is 3.36. The van der Waals surface area contributed by atoms with Crippen molar-refractivity contribution in [2.75, 3.05) is 0 Å². The fourth-order valence-electron chi connectivity index (χ4n) is 2.53. The Morgan fingerprint density at radius 1 is 1.33 bits per heavy atom. The first kappa shape index (κ1) is 13.3. The van der Waals surface area contributed by atoms with Crippen molar-refractivity contribution in [2.24, 2.45) is 0 Å². The summed E-state index contributed by atoms with van der Waals surface area (Å²) in [6, 6.07) is 7.98. The minimum absolute atomic E-state index is 0.503. The van der Waals surface area contributed by atoms with E-state index >= 15 is 0 Å². The molecule has 5 heteroatoms. The summed E-state index contributed by atoms with van der Waals surface area (Å²) in [5, 5.41) is 13.4. The van der Waals surface area contributed by atoms with Crippen LogP contribution in [0.25, 0.3) is 16.9 Å². The first-order chi connectivity index (χ1) is 10.3. The Morgan fingerprint density at radius 3 is 2.86 bits per heavy atom. The molecule has 0 saturated carbocycles. The Labute approximate surface area is 122 Å². The smallest absolute Gasteiger partial charge is 0.173 e. The molecule has 0 aliphatic carbocycles. The highest BCUT2D eigenvalue weighted by Crippen LogP contribution is 2.27. The van der Waals surface area contributed by atoms with Crippen LogP contribution in [-0.2, 0) is 6.42 Å². The van der Waals surface area contributed by atoms with Gasteiger partial charge >= 0.3 is 0 Å². The summed E-state index contributed by atoms with van der Waals surface area (Å²) in [6.45, 7) is 4.11. The number of aromatic nitrogens is 4. The van der Waals surface area contributed by atoms with Crippen molar-refractivity contribution in [1.82, 2.24) is 19.6 Å². The molecule has 0 bridgehead atoms. The first-order valence-corrected chi connectivity index (χ1v) is 6.95. The molecule has 21 heavy (non-hydrogen) atoms. The molecule has 0 aromatic carbocycles. The van der Waals surface area contributed by atoms with Crippen molar-refractivity contribution in [1.29, 1.82) is 5.26 Å². The van der Waals surface area contributed by atoms with Gasteiger partial charge in [-0.1, -0.05) is 19.4 Å². The Morgan fingerprint density at radius 2 is 2.19 bits per heavy atom. The van der Waals surface area contributed by atoms with Crippen LogP contribution in [-0.4, -0.2) is 19.6 Å². The second-order valence-electron chi connectivity index (χ2n) is 4.89. The first-order valence-electron chi connectivity index (χ1n) is 6.95. The van der Waals surface area contributed by atoms with E-state index in [1.165, 1.54) is 0 Å². The molecule has 3 aromatic heterocycles. The number of fused-ring (bicyclic) bond motifs is 1. The predicted octanol–water partition coefficient (Wildman–Crippen LogP) is 2.92. The molecule has 5 nitrogen and oxygen atoms in total. The highest BCUT2D eigenvalue weighted by molar-refractivity contribution is 5.68. The van der Waals surface area contributed by atoms with E-state index in [0.29, 0.717) is 11.2 Å². The summed E-state index contributed by atoms with van der Waals surface area (Å²) in [4.78, 5) is 9.11. The summed E-state index contributed by atoms with van der Waals surface area (Å²) >= 11 is 0. The minimum atomic E-state index is 0.503. The van der Waals surface area contributed by atoms with E-state index in [9.17, 15) is 0 Å². The monoisotopic (exact) mass is 277 g/mol. The summed E-state index contributed by atoms with van der Waals surface area (Å²) in [6.07, 6.45) is 5.17. The quantitative estimate of drug-likeness (QED) is 0.738. The number of nitriles is 1. The topological polar surface area (TPSA) is 66.9 Å². The van der Waals surface area contributed by atoms with Crippen LogP contribution < -0.4 is 0 Å². The predicted molar refractivity (Wildman–Crippen MR) is 79.7 cm³/mol. The maximum atomic E-state index is 9.17. The van der Waals surface area contributed by atoms with Gasteiger partial charge in [0, 0.05) is 11.8 Å². The molecule has 0 saturated heterocycles. The van der Waals surface area contributed by atoms with Crippen LogP contribution in [0.2, 0.25) is 0 Å². The number of aryl methyl sites for hydroxylation is 2. The Balaban J connectivity index is 2.35. The van der Waals surface area contributed by atoms with Crippen molar-refractivity contribution in [2.45, 2.75) is 26.7 Å². The van der Waals surface area contributed by atoms with Gasteiger partial charge in [0.2, 0.25) is 0 Å². The normalized spacial score (nSPS) is 10.7.